The maximum absolute atomic E-state index is 4.44. The third kappa shape index (κ3) is 2.31. The first-order valence-corrected chi connectivity index (χ1v) is 7.09. The Bertz CT molecular complexity index is 700. The molecule has 19 heavy (non-hydrogen) atoms. The van der Waals surface area contributed by atoms with Crippen LogP contribution < -0.4 is 5.32 Å². The van der Waals surface area contributed by atoms with E-state index in [1.54, 1.807) is 17.7 Å². The molecular weight excluding hydrogens is 258 g/mol. The first kappa shape index (κ1) is 12.1. The molecule has 0 spiro atoms. The summed E-state index contributed by atoms with van der Waals surface area (Å²) in [6.07, 6.45) is 4.59. The van der Waals surface area contributed by atoms with E-state index < -0.39 is 0 Å². The lowest BCUT2D eigenvalue weighted by Gasteiger charge is -2.05. The van der Waals surface area contributed by atoms with E-state index in [1.807, 2.05) is 23.2 Å². The van der Waals surface area contributed by atoms with Crippen LogP contribution in [0.4, 0.5) is 5.82 Å². The van der Waals surface area contributed by atoms with Crippen molar-refractivity contribution in [1.82, 2.24) is 19.7 Å². The van der Waals surface area contributed by atoms with Crippen molar-refractivity contribution in [3.63, 3.8) is 0 Å². The van der Waals surface area contributed by atoms with Crippen LogP contribution in [0.15, 0.2) is 24.0 Å². The van der Waals surface area contributed by atoms with Crippen molar-refractivity contribution in [2.45, 2.75) is 19.9 Å². The van der Waals surface area contributed by atoms with E-state index in [9.17, 15) is 0 Å². The summed E-state index contributed by atoms with van der Waals surface area (Å²) < 4.78 is 2.96. The molecule has 98 valence electrons. The number of nitrogens with one attached hydrogen (secondary N) is 1. The number of nitrogens with zero attached hydrogens (tertiary/aromatic N) is 4. The molecule has 0 aliphatic carbocycles. The van der Waals surface area contributed by atoms with Crippen LogP contribution in [0.5, 0.6) is 0 Å². The highest BCUT2D eigenvalue weighted by atomic mass is 32.1. The van der Waals surface area contributed by atoms with E-state index in [0.29, 0.717) is 0 Å². The van der Waals surface area contributed by atoms with Crippen LogP contribution in [-0.2, 0) is 20.0 Å². The largest absolute Gasteiger partial charge is 0.365 e. The van der Waals surface area contributed by atoms with Gasteiger partial charge in [0.15, 0.2) is 0 Å². The molecule has 3 rings (SSSR count). The van der Waals surface area contributed by atoms with E-state index in [2.05, 4.69) is 33.5 Å². The Morgan fingerprint density at radius 3 is 3.11 bits per heavy atom. The van der Waals surface area contributed by atoms with Gasteiger partial charge in [-0.1, -0.05) is 6.92 Å². The van der Waals surface area contributed by atoms with E-state index in [1.165, 1.54) is 5.56 Å². The molecule has 0 amide bonds. The number of thiophene rings is 1. The van der Waals surface area contributed by atoms with Gasteiger partial charge in [-0.25, -0.2) is 9.97 Å². The summed E-state index contributed by atoms with van der Waals surface area (Å²) in [5.74, 6) is 0.894. The summed E-state index contributed by atoms with van der Waals surface area (Å²) in [6.45, 7) is 2.86. The third-order valence-electron chi connectivity index (χ3n) is 3.02. The molecule has 6 heteroatoms. The number of rotatable bonds is 4. The number of anilines is 1. The van der Waals surface area contributed by atoms with E-state index >= 15 is 0 Å². The maximum atomic E-state index is 4.44. The topological polar surface area (TPSA) is 55.6 Å². The number of fused-ring (bicyclic) bond motifs is 1. The highest BCUT2D eigenvalue weighted by Gasteiger charge is 2.08. The van der Waals surface area contributed by atoms with Crippen molar-refractivity contribution >= 4 is 27.4 Å². The monoisotopic (exact) mass is 273 g/mol. The zero-order chi connectivity index (χ0) is 13.2. The number of hydrogen-bond donors (Lipinski definition) is 1. The third-order valence-corrected chi connectivity index (χ3v) is 3.93. The standard InChI is InChI=1S/C13H15N5S/c1-3-10-9(7-18(2)17-10)6-14-13-12-11(4-5-19-12)15-8-16-13/h4-5,7-8H,3,6H2,1-2H3,(H,14,15,16). The van der Waals surface area contributed by atoms with Gasteiger partial charge in [0, 0.05) is 25.4 Å². The molecule has 0 aromatic carbocycles. The second-order valence-corrected chi connectivity index (χ2v) is 5.26. The Hall–Kier alpha value is -1.95. The Kier molecular flexibility index (Phi) is 3.16. The average Bonchev–Trinajstić information content (AvgIpc) is 3.02. The summed E-state index contributed by atoms with van der Waals surface area (Å²) in [5.41, 5.74) is 3.34. The smallest absolute Gasteiger partial charge is 0.147 e. The van der Waals surface area contributed by atoms with Gasteiger partial charge in [-0.05, 0) is 17.9 Å². The van der Waals surface area contributed by atoms with E-state index in [0.717, 1.165) is 34.7 Å². The molecule has 5 nitrogen and oxygen atoms in total. The van der Waals surface area contributed by atoms with Gasteiger partial charge in [0.05, 0.1) is 15.9 Å². The quantitative estimate of drug-likeness (QED) is 0.794. The molecule has 0 radical (unpaired) electrons. The molecule has 0 aliphatic heterocycles. The predicted octanol–water partition coefficient (Wildman–Crippen LogP) is 2.60. The normalized spacial score (nSPS) is 11.1. The van der Waals surface area contributed by atoms with Gasteiger partial charge in [-0.2, -0.15) is 5.10 Å². The number of aromatic nitrogens is 4. The molecule has 0 saturated carbocycles. The van der Waals surface area contributed by atoms with E-state index in [4.69, 9.17) is 0 Å². The molecule has 1 N–H and O–H groups in total. The lowest BCUT2D eigenvalue weighted by atomic mass is 10.2. The zero-order valence-electron chi connectivity index (χ0n) is 10.9. The van der Waals surface area contributed by atoms with Crippen molar-refractivity contribution in [3.05, 3.63) is 35.2 Å². The highest BCUT2D eigenvalue weighted by Crippen LogP contribution is 2.25. The fraction of sp³-hybridized carbons (Fsp3) is 0.308. The Morgan fingerprint density at radius 2 is 2.26 bits per heavy atom. The minimum atomic E-state index is 0.737. The average molecular weight is 273 g/mol. The molecule has 0 aliphatic rings. The maximum Gasteiger partial charge on any atom is 0.147 e. The van der Waals surface area contributed by atoms with Crippen LogP contribution >= 0.6 is 11.3 Å². The van der Waals surface area contributed by atoms with Crippen molar-refractivity contribution in [2.75, 3.05) is 5.32 Å². The van der Waals surface area contributed by atoms with Gasteiger partial charge < -0.3 is 5.32 Å². The van der Waals surface area contributed by atoms with Crippen LogP contribution in [-0.4, -0.2) is 19.7 Å². The van der Waals surface area contributed by atoms with Crippen LogP contribution in [0.3, 0.4) is 0 Å². The Labute approximate surface area is 115 Å². The van der Waals surface area contributed by atoms with Gasteiger partial charge in [-0.15, -0.1) is 11.3 Å². The lowest BCUT2D eigenvalue weighted by Crippen LogP contribution is -2.03. The first-order valence-electron chi connectivity index (χ1n) is 6.21. The fourth-order valence-electron chi connectivity index (χ4n) is 2.12. The lowest BCUT2D eigenvalue weighted by molar-refractivity contribution is 0.746. The summed E-state index contributed by atoms with van der Waals surface area (Å²) >= 11 is 1.66. The van der Waals surface area contributed by atoms with Crippen molar-refractivity contribution in [3.8, 4) is 0 Å². The van der Waals surface area contributed by atoms with Crippen molar-refractivity contribution in [2.24, 2.45) is 7.05 Å². The van der Waals surface area contributed by atoms with Gasteiger partial charge in [0.1, 0.15) is 12.1 Å². The zero-order valence-corrected chi connectivity index (χ0v) is 11.7. The molecule has 0 unspecified atom stereocenters. The summed E-state index contributed by atoms with van der Waals surface area (Å²) in [4.78, 5) is 8.55. The Balaban J connectivity index is 1.84. The Morgan fingerprint density at radius 1 is 1.37 bits per heavy atom. The number of aryl methyl sites for hydroxylation is 2. The van der Waals surface area contributed by atoms with E-state index in [-0.39, 0.29) is 0 Å². The van der Waals surface area contributed by atoms with Gasteiger partial charge >= 0.3 is 0 Å². The predicted molar refractivity (Wildman–Crippen MR) is 77.3 cm³/mol. The molecular formula is C13H15N5S. The molecule has 0 fully saturated rings. The molecule has 3 aromatic heterocycles. The molecule has 0 atom stereocenters. The van der Waals surface area contributed by atoms with Crippen molar-refractivity contribution < 1.29 is 0 Å². The van der Waals surface area contributed by atoms with Crippen LogP contribution in [0.1, 0.15) is 18.2 Å². The molecule has 0 saturated heterocycles. The second kappa shape index (κ2) is 4.97. The minimum Gasteiger partial charge on any atom is -0.365 e. The summed E-state index contributed by atoms with van der Waals surface area (Å²) in [6, 6.07) is 2.01. The van der Waals surface area contributed by atoms with Crippen LogP contribution in [0.25, 0.3) is 10.2 Å². The minimum absolute atomic E-state index is 0.737. The summed E-state index contributed by atoms with van der Waals surface area (Å²) in [5, 5.41) is 9.86. The second-order valence-electron chi connectivity index (χ2n) is 4.34. The fourth-order valence-corrected chi connectivity index (χ4v) is 2.93. The molecule has 3 heterocycles. The van der Waals surface area contributed by atoms with Crippen LogP contribution in [0.2, 0.25) is 0 Å². The molecule has 0 bridgehead atoms. The van der Waals surface area contributed by atoms with Gasteiger partial charge in [0.2, 0.25) is 0 Å². The van der Waals surface area contributed by atoms with Gasteiger partial charge in [-0.3, -0.25) is 4.68 Å². The summed E-state index contributed by atoms with van der Waals surface area (Å²) in [7, 11) is 1.95. The molecule has 3 aromatic rings. The number of hydrogen-bond acceptors (Lipinski definition) is 5. The van der Waals surface area contributed by atoms with Crippen LogP contribution in [0, 0.1) is 0 Å². The first-order chi connectivity index (χ1) is 9.28. The van der Waals surface area contributed by atoms with Gasteiger partial charge in [0.25, 0.3) is 0 Å². The SMILES string of the molecule is CCc1nn(C)cc1CNc1ncnc2ccsc12. The highest BCUT2D eigenvalue weighted by molar-refractivity contribution is 7.17. The van der Waals surface area contributed by atoms with Crippen molar-refractivity contribution in [1.29, 1.82) is 0 Å².